The van der Waals surface area contributed by atoms with Crippen molar-refractivity contribution < 1.29 is 39.6 Å². The van der Waals surface area contributed by atoms with Gasteiger partial charge in [0.25, 0.3) is 12.3 Å². The number of nitrogens with one attached hydrogen (secondary N) is 3. The lowest BCUT2D eigenvalue weighted by molar-refractivity contribution is -0.123. The molecule has 0 spiro atoms. The predicted molar refractivity (Wildman–Crippen MR) is 193 cm³/mol. The Balaban J connectivity index is 1.40. The molecule has 0 radical (unpaired) electrons. The number of aryl methyl sites for hydroxylation is 1. The number of amides is 1. The van der Waals surface area contributed by atoms with E-state index in [1.54, 1.807) is 12.1 Å². The van der Waals surface area contributed by atoms with E-state index < -0.39 is 80.6 Å². The van der Waals surface area contributed by atoms with Gasteiger partial charge in [-0.05, 0) is 42.2 Å². The number of carbonyl (C=O) groups excluding carboxylic acids is 1. The number of hydrogen-bond acceptors (Lipinski definition) is 8. The molecule has 0 unspecified atom stereocenters. The number of pyridine rings is 1. The van der Waals surface area contributed by atoms with Gasteiger partial charge in [0.15, 0.2) is 11.5 Å². The number of aromatic nitrogens is 6. The van der Waals surface area contributed by atoms with Crippen LogP contribution in [0.15, 0.2) is 41.2 Å². The number of H-pyrrole nitrogens is 1. The van der Waals surface area contributed by atoms with Gasteiger partial charge in [-0.1, -0.05) is 42.9 Å². The van der Waals surface area contributed by atoms with Crippen LogP contribution in [0.2, 0.25) is 5.02 Å². The fourth-order valence-corrected chi connectivity index (χ4v) is 8.58. The second-order valence-electron chi connectivity index (χ2n) is 13.4. The van der Waals surface area contributed by atoms with E-state index in [-0.39, 0.29) is 56.2 Å². The van der Waals surface area contributed by atoms with Crippen molar-refractivity contribution in [2.45, 2.75) is 51.1 Å². The van der Waals surface area contributed by atoms with Crippen molar-refractivity contribution in [1.82, 2.24) is 34.8 Å². The third kappa shape index (κ3) is 6.94. The first-order chi connectivity index (χ1) is 25.7. The summed E-state index contributed by atoms with van der Waals surface area (Å²) in [6, 6.07) is 5.90. The van der Waals surface area contributed by atoms with Gasteiger partial charge in [-0.15, -0.1) is 0 Å². The van der Waals surface area contributed by atoms with Gasteiger partial charge in [-0.3, -0.25) is 28.7 Å². The zero-order valence-electron chi connectivity index (χ0n) is 29.0. The molecule has 0 saturated carbocycles. The number of benzene rings is 2. The number of halogens is 7. The van der Waals surface area contributed by atoms with Gasteiger partial charge in [0.1, 0.15) is 29.6 Å². The van der Waals surface area contributed by atoms with Crippen molar-refractivity contribution in [1.29, 1.82) is 0 Å². The van der Waals surface area contributed by atoms with E-state index in [0.717, 1.165) is 29.7 Å². The first-order valence-corrected chi connectivity index (χ1v) is 19.5. The van der Waals surface area contributed by atoms with E-state index in [4.69, 9.17) is 11.6 Å². The lowest BCUT2D eigenvalue weighted by Gasteiger charge is -2.23. The molecule has 21 heteroatoms. The van der Waals surface area contributed by atoms with Crippen LogP contribution in [0, 0.1) is 17.6 Å². The zero-order chi connectivity index (χ0) is 39.9. The number of fused-ring (bicyclic) bond motifs is 3. The molecule has 3 atom stereocenters. The highest BCUT2D eigenvalue weighted by atomic mass is 35.5. The third-order valence-corrected chi connectivity index (χ3v) is 11.3. The number of rotatable bonds is 10. The second-order valence-corrected chi connectivity index (χ2v) is 16.5. The summed E-state index contributed by atoms with van der Waals surface area (Å²) in [5.41, 5.74) is -1.07. The van der Waals surface area contributed by atoms with Crippen molar-refractivity contribution in [3.05, 3.63) is 90.9 Å². The summed E-state index contributed by atoms with van der Waals surface area (Å²) in [5.74, 6) is -8.96. The van der Waals surface area contributed by atoms with Gasteiger partial charge in [-0.25, -0.2) is 31.0 Å². The molecule has 55 heavy (non-hydrogen) atoms. The van der Waals surface area contributed by atoms with Crippen LogP contribution in [-0.4, -0.2) is 50.1 Å². The topological polar surface area (TPSA) is 157 Å². The maximum absolute atomic E-state index is 15.5. The van der Waals surface area contributed by atoms with Crippen molar-refractivity contribution in [2.75, 3.05) is 11.0 Å². The number of anilines is 1. The smallest absolute Gasteiger partial charge is 0.306 e. The van der Waals surface area contributed by atoms with Crippen LogP contribution in [0.5, 0.6) is 0 Å². The Morgan fingerprint density at radius 3 is 2.42 bits per heavy atom. The summed E-state index contributed by atoms with van der Waals surface area (Å²) < 4.78 is 117. The largest absolute Gasteiger partial charge is 0.346 e. The fraction of sp³-hybridized carbons (Fsp3) is 0.324. The van der Waals surface area contributed by atoms with Crippen LogP contribution in [0.4, 0.5) is 32.2 Å². The number of thiazole rings is 1. The van der Waals surface area contributed by atoms with E-state index >= 15 is 8.78 Å². The maximum Gasteiger partial charge on any atom is 0.306 e. The molecule has 0 fully saturated rings. The summed E-state index contributed by atoms with van der Waals surface area (Å²) in [7, 11) is -2.33. The number of nitrogens with zero attached hydrogens (tertiary/aromatic N) is 5. The summed E-state index contributed by atoms with van der Waals surface area (Å²) in [5, 5.41) is 11.0. The molecule has 3 N–H and O–H groups in total. The zero-order valence-corrected chi connectivity index (χ0v) is 31.4. The van der Waals surface area contributed by atoms with Crippen LogP contribution < -0.4 is 14.9 Å². The van der Waals surface area contributed by atoms with Crippen LogP contribution in [0.25, 0.3) is 32.4 Å². The highest BCUT2D eigenvalue weighted by molar-refractivity contribution is 7.92. The van der Waals surface area contributed by atoms with Gasteiger partial charge >= 0.3 is 4.87 Å². The molecule has 1 aliphatic carbocycles. The maximum atomic E-state index is 15.5. The van der Waals surface area contributed by atoms with Crippen molar-refractivity contribution in [3.63, 3.8) is 0 Å². The molecule has 4 aromatic heterocycles. The average molecular weight is 827 g/mol. The van der Waals surface area contributed by atoms with E-state index in [9.17, 15) is 35.6 Å². The minimum absolute atomic E-state index is 0.00792. The molecule has 7 rings (SSSR count). The molecule has 2 aromatic carbocycles. The minimum atomic E-state index is -3.84. The summed E-state index contributed by atoms with van der Waals surface area (Å²) in [6.07, 6.45) is -2.64. The number of sulfonamides is 1. The molecule has 0 aliphatic heterocycles. The predicted octanol–water partition coefficient (Wildman–Crippen LogP) is 6.92. The molecule has 0 saturated heterocycles. The Morgan fingerprint density at radius 1 is 1.07 bits per heavy atom. The molecular formula is C34H29ClF6N8O4S2. The van der Waals surface area contributed by atoms with Crippen LogP contribution in [0.1, 0.15) is 60.4 Å². The van der Waals surface area contributed by atoms with Crippen molar-refractivity contribution in [2.24, 2.45) is 13.0 Å². The first kappa shape index (κ1) is 38.3. The second kappa shape index (κ2) is 13.7. The summed E-state index contributed by atoms with van der Waals surface area (Å²) >= 11 is 7.36. The molecule has 1 aliphatic rings. The van der Waals surface area contributed by atoms with Gasteiger partial charge in [0.2, 0.25) is 15.9 Å². The Morgan fingerprint density at radius 2 is 1.76 bits per heavy atom. The Bertz CT molecular complexity index is 2690. The fourth-order valence-electron chi connectivity index (χ4n) is 7.13. The van der Waals surface area contributed by atoms with Gasteiger partial charge < -0.3 is 5.32 Å². The highest BCUT2D eigenvalue weighted by Crippen LogP contribution is 2.54. The highest BCUT2D eigenvalue weighted by Gasteiger charge is 2.55. The lowest BCUT2D eigenvalue weighted by atomic mass is 9.94. The normalized spacial score (nSPS) is 17.3. The molecule has 4 heterocycles. The summed E-state index contributed by atoms with van der Waals surface area (Å²) in [4.78, 5) is 33.2. The molecule has 1 amide bonds. The number of hydrogen-bond donors (Lipinski definition) is 3. The van der Waals surface area contributed by atoms with Crippen LogP contribution in [0.3, 0.4) is 0 Å². The quantitative estimate of drug-likeness (QED) is 0.127. The molecule has 0 bridgehead atoms. The van der Waals surface area contributed by atoms with Gasteiger partial charge in [0.05, 0.1) is 38.6 Å². The SMILES string of the molecule is C[C@@H]1c2c(C(F)F)nn(CC(=O)N[C@@H](Cc3cc(F)cc(F)c3)c3nc4[nH]c(=O)sc4cc3-c3ccc(Cl)c4c(NS(C)(=O)=O)nn(C)c34)c2C(F)(F)[C@@H]1C. The Hall–Kier alpha value is -4.95. The number of alkyl halides is 4. The van der Waals surface area contributed by atoms with Crippen molar-refractivity contribution in [3.8, 4) is 11.1 Å². The molecule has 6 aromatic rings. The number of carbonyl (C=O) groups is 1. The van der Waals surface area contributed by atoms with E-state index in [1.807, 2.05) is 0 Å². The Labute approximate surface area is 316 Å². The van der Waals surface area contributed by atoms with E-state index in [2.05, 4.69) is 30.2 Å². The number of aromatic amines is 1. The van der Waals surface area contributed by atoms with Crippen LogP contribution >= 0.6 is 22.9 Å². The monoisotopic (exact) mass is 826 g/mol. The van der Waals surface area contributed by atoms with Gasteiger partial charge in [0, 0.05) is 35.7 Å². The van der Waals surface area contributed by atoms with Crippen molar-refractivity contribution >= 4 is 65.9 Å². The van der Waals surface area contributed by atoms with Crippen LogP contribution in [-0.2, 0) is 40.8 Å². The van der Waals surface area contributed by atoms with Gasteiger partial charge in [-0.2, -0.15) is 19.0 Å². The van der Waals surface area contributed by atoms with E-state index in [1.165, 1.54) is 31.6 Å². The molecule has 290 valence electrons. The lowest BCUT2D eigenvalue weighted by Crippen LogP contribution is -2.35. The third-order valence-electron chi connectivity index (χ3n) is 9.59. The first-order valence-electron chi connectivity index (χ1n) is 16.4. The molecular weight excluding hydrogens is 798 g/mol. The molecule has 12 nitrogen and oxygen atoms in total. The van der Waals surface area contributed by atoms with E-state index in [0.29, 0.717) is 21.0 Å². The minimum Gasteiger partial charge on any atom is -0.346 e. The Kier molecular flexibility index (Phi) is 9.52. The summed E-state index contributed by atoms with van der Waals surface area (Å²) in [6.45, 7) is 1.65. The average Bonchev–Trinajstić information content (AvgIpc) is 3.77. The standard InChI is InChI=1S/C34H29ClF6N8O4S2/c1-13-14(2)34(40,41)29-24(13)27(30(38)39)45-49(29)12-23(50)42-21(9-15-7-16(36)10-17(37)8-15)26-19(11-22-31(43-26)44-33(51)54-22)18-5-6-20(35)25-28(18)48(3)46-32(25)47-55(4,52)53/h5-8,10-11,13-14,21,30H,9,12H2,1-4H3,(H,42,50)(H,46,47)(H,43,44,51)/t13-,14+,21-/m0/s1.